The standard InChI is InChI=1S/C15H14N2O6/c1-23-11-5-8-7(4-9(11)15(21)22)6-17(14(8)20)10-2-3-12(18)16-13(10)19/h4-5,10H,2-3,6H2,1H3,(H,21,22)(H,16,18,19). The second-order valence-corrected chi connectivity index (χ2v) is 5.41. The van der Waals surface area contributed by atoms with Crippen LogP contribution in [0, 0.1) is 0 Å². The highest BCUT2D eigenvalue weighted by Crippen LogP contribution is 2.32. The van der Waals surface area contributed by atoms with Crippen LogP contribution in [-0.4, -0.2) is 46.8 Å². The molecule has 23 heavy (non-hydrogen) atoms. The van der Waals surface area contributed by atoms with Crippen molar-refractivity contribution in [2.45, 2.75) is 25.4 Å². The number of nitrogens with zero attached hydrogens (tertiary/aromatic N) is 1. The van der Waals surface area contributed by atoms with E-state index in [1.807, 2.05) is 0 Å². The molecule has 1 unspecified atom stereocenters. The number of carbonyl (C=O) groups is 4. The summed E-state index contributed by atoms with van der Waals surface area (Å²) < 4.78 is 5.02. The Bertz CT molecular complexity index is 742. The van der Waals surface area contributed by atoms with Crippen molar-refractivity contribution >= 4 is 23.7 Å². The number of aromatic carboxylic acids is 1. The number of methoxy groups -OCH3 is 1. The van der Waals surface area contributed by atoms with Gasteiger partial charge in [0.05, 0.1) is 7.11 Å². The van der Waals surface area contributed by atoms with Crippen molar-refractivity contribution in [3.8, 4) is 5.75 Å². The van der Waals surface area contributed by atoms with Crippen LogP contribution in [0.25, 0.3) is 0 Å². The van der Waals surface area contributed by atoms with Crippen LogP contribution in [-0.2, 0) is 16.1 Å². The van der Waals surface area contributed by atoms with E-state index in [0.717, 1.165) is 0 Å². The number of nitrogens with one attached hydrogen (secondary N) is 1. The minimum absolute atomic E-state index is 0.0378. The van der Waals surface area contributed by atoms with Crippen molar-refractivity contribution in [2.24, 2.45) is 0 Å². The lowest BCUT2D eigenvalue weighted by Gasteiger charge is -2.29. The van der Waals surface area contributed by atoms with E-state index in [4.69, 9.17) is 4.74 Å². The van der Waals surface area contributed by atoms with Gasteiger partial charge in [-0.25, -0.2) is 4.79 Å². The molecule has 8 nitrogen and oxygen atoms in total. The molecule has 1 aromatic carbocycles. The molecule has 0 saturated carbocycles. The van der Waals surface area contributed by atoms with Crippen molar-refractivity contribution in [2.75, 3.05) is 7.11 Å². The van der Waals surface area contributed by atoms with Crippen LogP contribution < -0.4 is 10.1 Å². The normalized spacial score (nSPS) is 20.3. The number of ether oxygens (including phenoxy) is 1. The minimum Gasteiger partial charge on any atom is -0.496 e. The van der Waals surface area contributed by atoms with Gasteiger partial charge in [0.1, 0.15) is 17.4 Å². The van der Waals surface area contributed by atoms with Crippen LogP contribution in [0.5, 0.6) is 5.75 Å². The average Bonchev–Trinajstić information content (AvgIpc) is 2.82. The molecule has 1 aromatic rings. The van der Waals surface area contributed by atoms with Gasteiger partial charge in [-0.3, -0.25) is 19.7 Å². The van der Waals surface area contributed by atoms with Gasteiger partial charge in [0.15, 0.2) is 0 Å². The van der Waals surface area contributed by atoms with Crippen LogP contribution in [0.2, 0.25) is 0 Å². The Balaban J connectivity index is 1.94. The molecule has 3 amide bonds. The molecule has 0 spiro atoms. The first-order valence-electron chi connectivity index (χ1n) is 7.01. The predicted molar refractivity (Wildman–Crippen MR) is 76.0 cm³/mol. The summed E-state index contributed by atoms with van der Waals surface area (Å²) in [6.45, 7) is 0.130. The van der Waals surface area contributed by atoms with Gasteiger partial charge in [-0.1, -0.05) is 0 Å². The molecule has 3 rings (SSSR count). The van der Waals surface area contributed by atoms with E-state index in [2.05, 4.69) is 5.32 Å². The summed E-state index contributed by atoms with van der Waals surface area (Å²) >= 11 is 0. The highest BCUT2D eigenvalue weighted by Gasteiger charge is 2.39. The minimum atomic E-state index is -1.16. The van der Waals surface area contributed by atoms with Gasteiger partial charge < -0.3 is 14.7 Å². The average molecular weight is 318 g/mol. The van der Waals surface area contributed by atoms with Gasteiger partial charge in [-0.15, -0.1) is 0 Å². The van der Waals surface area contributed by atoms with E-state index in [1.54, 1.807) is 0 Å². The fourth-order valence-electron chi connectivity index (χ4n) is 2.93. The summed E-state index contributed by atoms with van der Waals surface area (Å²) in [4.78, 5) is 48.3. The Morgan fingerprint density at radius 2 is 2.09 bits per heavy atom. The maximum Gasteiger partial charge on any atom is 0.339 e. The summed E-state index contributed by atoms with van der Waals surface area (Å²) in [5.41, 5.74) is 0.804. The first-order chi connectivity index (χ1) is 10.9. The molecule has 1 atom stereocenters. The largest absolute Gasteiger partial charge is 0.496 e. The molecule has 0 aromatic heterocycles. The summed E-state index contributed by atoms with van der Waals surface area (Å²) in [5, 5.41) is 11.4. The van der Waals surface area contributed by atoms with Crippen molar-refractivity contribution < 1.29 is 29.0 Å². The molecular formula is C15H14N2O6. The number of fused-ring (bicyclic) bond motifs is 1. The number of carbonyl (C=O) groups excluding carboxylic acids is 3. The van der Waals surface area contributed by atoms with Crippen LogP contribution in [0.15, 0.2) is 12.1 Å². The lowest BCUT2D eigenvalue weighted by Crippen LogP contribution is -2.52. The smallest absolute Gasteiger partial charge is 0.339 e. The Kier molecular flexibility index (Phi) is 3.51. The van der Waals surface area contributed by atoms with Crippen molar-refractivity contribution in [1.29, 1.82) is 0 Å². The summed E-state index contributed by atoms with van der Waals surface area (Å²) in [5.74, 6) is -2.30. The number of rotatable bonds is 3. The van der Waals surface area contributed by atoms with Crippen LogP contribution in [0.3, 0.4) is 0 Å². The second kappa shape index (κ2) is 5.38. The molecule has 0 aliphatic carbocycles. The molecule has 2 heterocycles. The topological polar surface area (TPSA) is 113 Å². The molecule has 2 aliphatic rings. The van der Waals surface area contributed by atoms with Gasteiger partial charge in [0.2, 0.25) is 11.8 Å². The van der Waals surface area contributed by atoms with Crippen molar-refractivity contribution in [3.05, 3.63) is 28.8 Å². The molecule has 0 radical (unpaired) electrons. The number of benzene rings is 1. The molecular weight excluding hydrogens is 304 g/mol. The molecule has 1 fully saturated rings. The Morgan fingerprint density at radius 3 is 2.70 bits per heavy atom. The zero-order chi connectivity index (χ0) is 16.7. The third kappa shape index (κ3) is 2.41. The lowest BCUT2D eigenvalue weighted by molar-refractivity contribution is -0.136. The van der Waals surface area contributed by atoms with E-state index in [9.17, 15) is 24.3 Å². The Morgan fingerprint density at radius 1 is 1.35 bits per heavy atom. The number of carboxylic acids is 1. The van der Waals surface area contributed by atoms with Gasteiger partial charge in [-0.05, 0) is 24.1 Å². The number of piperidine rings is 1. The first kappa shape index (κ1) is 15.0. The Labute approximate surface area is 131 Å². The fraction of sp³-hybridized carbons (Fsp3) is 0.333. The van der Waals surface area contributed by atoms with Crippen LogP contribution in [0.4, 0.5) is 0 Å². The van der Waals surface area contributed by atoms with Gasteiger partial charge in [0.25, 0.3) is 5.91 Å². The number of carboxylic acid groups (broad SMARTS) is 1. The monoisotopic (exact) mass is 318 g/mol. The maximum absolute atomic E-state index is 12.5. The zero-order valence-corrected chi connectivity index (χ0v) is 12.3. The Hall–Kier alpha value is -2.90. The van der Waals surface area contributed by atoms with Gasteiger partial charge in [0, 0.05) is 18.5 Å². The lowest BCUT2D eigenvalue weighted by atomic mass is 10.0. The van der Waals surface area contributed by atoms with Crippen molar-refractivity contribution in [1.82, 2.24) is 10.2 Å². The number of hydrogen-bond acceptors (Lipinski definition) is 5. The second-order valence-electron chi connectivity index (χ2n) is 5.41. The maximum atomic E-state index is 12.5. The molecule has 2 aliphatic heterocycles. The molecule has 120 valence electrons. The SMILES string of the molecule is COc1cc2c(cc1C(=O)O)CN(C1CCC(=O)NC1=O)C2=O. The first-order valence-corrected chi connectivity index (χ1v) is 7.01. The van der Waals surface area contributed by atoms with E-state index in [1.165, 1.54) is 24.1 Å². The van der Waals surface area contributed by atoms with Gasteiger partial charge in [-0.2, -0.15) is 0 Å². The third-order valence-corrected chi connectivity index (χ3v) is 4.07. The molecule has 2 N–H and O–H groups in total. The molecule has 0 bridgehead atoms. The molecule has 1 saturated heterocycles. The number of amides is 3. The quantitative estimate of drug-likeness (QED) is 0.767. The number of imide groups is 1. The summed E-state index contributed by atoms with van der Waals surface area (Å²) in [6, 6.07) is 2.04. The van der Waals surface area contributed by atoms with E-state index in [0.29, 0.717) is 11.1 Å². The fourth-order valence-corrected chi connectivity index (χ4v) is 2.93. The highest BCUT2D eigenvalue weighted by molar-refractivity contribution is 6.06. The third-order valence-electron chi connectivity index (χ3n) is 4.07. The predicted octanol–water partition coefficient (Wildman–Crippen LogP) is 0.154. The van der Waals surface area contributed by atoms with Crippen LogP contribution in [0.1, 0.15) is 39.1 Å². The highest BCUT2D eigenvalue weighted by atomic mass is 16.5. The van der Waals surface area contributed by atoms with E-state index >= 15 is 0 Å². The summed E-state index contributed by atoms with van der Waals surface area (Å²) in [7, 11) is 1.32. The zero-order valence-electron chi connectivity index (χ0n) is 12.3. The van der Waals surface area contributed by atoms with Gasteiger partial charge >= 0.3 is 5.97 Å². The summed E-state index contributed by atoms with van der Waals surface area (Å²) in [6.07, 6.45) is 0.424. The molecule has 8 heteroatoms. The van der Waals surface area contributed by atoms with E-state index in [-0.39, 0.29) is 42.5 Å². The number of hydrogen-bond donors (Lipinski definition) is 2. The van der Waals surface area contributed by atoms with Crippen LogP contribution >= 0.6 is 0 Å². The van der Waals surface area contributed by atoms with E-state index < -0.39 is 17.9 Å². The van der Waals surface area contributed by atoms with Crippen molar-refractivity contribution in [3.63, 3.8) is 0 Å².